The normalized spacial score (nSPS) is 10.8. The number of nitrogens with one attached hydrogen (secondary N) is 1. The van der Waals surface area contributed by atoms with Gasteiger partial charge in [-0.2, -0.15) is 0 Å². The van der Waals surface area contributed by atoms with Crippen molar-refractivity contribution in [2.45, 2.75) is 6.42 Å². The van der Waals surface area contributed by atoms with Crippen LogP contribution in [-0.2, 0) is 19.6 Å². The van der Waals surface area contributed by atoms with Crippen LogP contribution in [0.5, 0.6) is 0 Å². The van der Waals surface area contributed by atoms with Gasteiger partial charge in [0.2, 0.25) is 15.9 Å². The van der Waals surface area contributed by atoms with Crippen LogP contribution in [0, 0.1) is 0 Å². The highest BCUT2D eigenvalue weighted by Gasteiger charge is 2.19. The molecule has 138 valence electrons. The lowest BCUT2D eigenvalue weighted by Gasteiger charge is -2.22. The van der Waals surface area contributed by atoms with Crippen LogP contribution in [0.25, 0.3) is 0 Å². The van der Waals surface area contributed by atoms with Gasteiger partial charge in [-0.1, -0.05) is 18.2 Å². The third-order valence-corrected chi connectivity index (χ3v) is 4.77. The molecule has 8 heteroatoms. The van der Waals surface area contributed by atoms with Crippen molar-refractivity contribution in [1.82, 2.24) is 0 Å². The van der Waals surface area contributed by atoms with Crippen LogP contribution in [0.1, 0.15) is 16.8 Å². The molecule has 0 spiro atoms. The Balaban J connectivity index is 2.08. The summed E-state index contributed by atoms with van der Waals surface area (Å²) >= 11 is 0. The molecule has 0 saturated heterocycles. The van der Waals surface area contributed by atoms with E-state index in [0.29, 0.717) is 16.9 Å². The molecular weight excluding hydrogens is 356 g/mol. The summed E-state index contributed by atoms with van der Waals surface area (Å²) in [7, 11) is -2.32. The first kappa shape index (κ1) is 19.5. The Morgan fingerprint density at radius 2 is 1.65 bits per heavy atom. The van der Waals surface area contributed by atoms with Gasteiger partial charge in [-0.05, 0) is 36.4 Å². The molecule has 2 rings (SSSR count). The second kappa shape index (κ2) is 8.48. The second-order valence-corrected chi connectivity index (χ2v) is 7.44. The monoisotopic (exact) mass is 376 g/mol. The smallest absolute Gasteiger partial charge is 0.337 e. The van der Waals surface area contributed by atoms with Crippen LogP contribution < -0.4 is 9.62 Å². The van der Waals surface area contributed by atoms with E-state index in [4.69, 9.17) is 0 Å². The number of methoxy groups -OCH3 is 1. The standard InChI is InChI=1S/C18H20N2O5S/c1-25-18(22)14-8-10-16(11-9-14)20(26(2,23)24)13-12-17(21)19-15-6-4-3-5-7-15/h3-11H,12-13H2,1-2H3,(H,19,21). The second-order valence-electron chi connectivity index (χ2n) is 5.54. The van der Waals surface area contributed by atoms with Gasteiger partial charge >= 0.3 is 5.97 Å². The summed E-state index contributed by atoms with van der Waals surface area (Å²) in [5, 5.41) is 2.71. The molecule has 2 aromatic carbocycles. The predicted molar refractivity (Wildman–Crippen MR) is 99.7 cm³/mol. The van der Waals surface area contributed by atoms with Crippen molar-refractivity contribution in [2.24, 2.45) is 0 Å². The highest BCUT2D eigenvalue weighted by molar-refractivity contribution is 7.92. The number of esters is 1. The first-order valence-corrected chi connectivity index (χ1v) is 9.67. The quantitative estimate of drug-likeness (QED) is 0.748. The van der Waals surface area contributed by atoms with Crippen LogP contribution in [0.2, 0.25) is 0 Å². The topological polar surface area (TPSA) is 92.8 Å². The average Bonchev–Trinajstić information content (AvgIpc) is 2.61. The van der Waals surface area contributed by atoms with Crippen LogP contribution in [-0.4, -0.2) is 40.2 Å². The van der Waals surface area contributed by atoms with E-state index in [9.17, 15) is 18.0 Å². The molecule has 0 unspecified atom stereocenters. The number of amides is 1. The molecule has 0 aromatic heterocycles. The molecule has 0 fully saturated rings. The maximum atomic E-state index is 12.1. The summed E-state index contributed by atoms with van der Waals surface area (Å²) in [6.07, 6.45) is 1.05. The van der Waals surface area contributed by atoms with Gasteiger partial charge in [-0.3, -0.25) is 9.10 Å². The van der Waals surface area contributed by atoms with E-state index in [-0.39, 0.29) is 18.9 Å². The van der Waals surface area contributed by atoms with Crippen molar-refractivity contribution in [3.63, 3.8) is 0 Å². The highest BCUT2D eigenvalue weighted by Crippen LogP contribution is 2.19. The molecule has 0 heterocycles. The summed E-state index contributed by atoms with van der Waals surface area (Å²) in [6, 6.07) is 14.9. The summed E-state index contributed by atoms with van der Waals surface area (Å²) in [5.74, 6) is -0.805. The van der Waals surface area contributed by atoms with Gasteiger partial charge in [-0.25, -0.2) is 13.2 Å². The number of hydrogen-bond donors (Lipinski definition) is 1. The molecule has 26 heavy (non-hydrogen) atoms. The SMILES string of the molecule is COC(=O)c1ccc(N(CCC(=O)Nc2ccccc2)S(C)(=O)=O)cc1. The summed E-state index contributed by atoms with van der Waals surface area (Å²) < 4.78 is 29.9. The molecule has 0 aliphatic carbocycles. The third-order valence-electron chi connectivity index (χ3n) is 3.58. The van der Waals surface area contributed by atoms with E-state index in [1.54, 1.807) is 24.3 Å². The van der Waals surface area contributed by atoms with E-state index >= 15 is 0 Å². The average molecular weight is 376 g/mol. The fourth-order valence-corrected chi connectivity index (χ4v) is 3.24. The predicted octanol–water partition coefficient (Wildman–Crippen LogP) is 2.27. The van der Waals surface area contributed by atoms with Crippen molar-refractivity contribution in [3.8, 4) is 0 Å². The number of sulfonamides is 1. The van der Waals surface area contributed by atoms with E-state index < -0.39 is 16.0 Å². The van der Waals surface area contributed by atoms with Crippen LogP contribution in [0.15, 0.2) is 54.6 Å². The molecule has 0 saturated carbocycles. The minimum atomic E-state index is -3.59. The lowest BCUT2D eigenvalue weighted by Crippen LogP contribution is -2.33. The fraction of sp³-hybridized carbons (Fsp3) is 0.222. The fourth-order valence-electron chi connectivity index (χ4n) is 2.32. The Hall–Kier alpha value is -2.87. The molecule has 7 nitrogen and oxygen atoms in total. The molecule has 1 amide bonds. The van der Waals surface area contributed by atoms with Gasteiger partial charge in [0.25, 0.3) is 0 Å². The summed E-state index contributed by atoms with van der Waals surface area (Å²) in [4.78, 5) is 23.5. The zero-order valence-electron chi connectivity index (χ0n) is 14.5. The van der Waals surface area contributed by atoms with Crippen molar-refractivity contribution < 1.29 is 22.7 Å². The lowest BCUT2D eigenvalue weighted by atomic mass is 10.2. The molecule has 0 atom stereocenters. The Morgan fingerprint density at radius 3 is 2.19 bits per heavy atom. The van der Waals surface area contributed by atoms with E-state index in [1.165, 1.54) is 31.4 Å². The Kier molecular flexibility index (Phi) is 6.35. The Morgan fingerprint density at radius 1 is 1.04 bits per heavy atom. The van der Waals surface area contributed by atoms with Crippen LogP contribution >= 0.6 is 0 Å². The number of carbonyl (C=O) groups is 2. The van der Waals surface area contributed by atoms with Crippen LogP contribution in [0.4, 0.5) is 11.4 Å². The van der Waals surface area contributed by atoms with Crippen LogP contribution in [0.3, 0.4) is 0 Å². The molecule has 0 radical (unpaired) electrons. The van der Waals surface area contributed by atoms with E-state index in [1.807, 2.05) is 6.07 Å². The van der Waals surface area contributed by atoms with Crippen molar-refractivity contribution in [3.05, 3.63) is 60.2 Å². The van der Waals surface area contributed by atoms with Gasteiger partial charge < -0.3 is 10.1 Å². The molecule has 0 aliphatic heterocycles. The highest BCUT2D eigenvalue weighted by atomic mass is 32.2. The number of nitrogens with zero attached hydrogens (tertiary/aromatic N) is 1. The Labute approximate surface area is 152 Å². The number of benzene rings is 2. The zero-order valence-corrected chi connectivity index (χ0v) is 15.3. The molecule has 0 aliphatic rings. The van der Waals surface area contributed by atoms with Gasteiger partial charge in [0.15, 0.2) is 0 Å². The number of anilines is 2. The third kappa shape index (κ3) is 5.32. The van der Waals surface area contributed by atoms with E-state index in [2.05, 4.69) is 10.1 Å². The maximum Gasteiger partial charge on any atom is 0.337 e. The zero-order chi connectivity index (χ0) is 19.2. The van der Waals surface area contributed by atoms with Gasteiger partial charge in [-0.15, -0.1) is 0 Å². The van der Waals surface area contributed by atoms with Gasteiger partial charge in [0, 0.05) is 18.7 Å². The first-order chi connectivity index (χ1) is 12.3. The lowest BCUT2D eigenvalue weighted by molar-refractivity contribution is -0.116. The molecule has 2 aromatic rings. The van der Waals surface area contributed by atoms with Crippen molar-refractivity contribution in [1.29, 1.82) is 0 Å². The number of rotatable bonds is 7. The number of para-hydroxylation sites is 1. The van der Waals surface area contributed by atoms with E-state index in [0.717, 1.165) is 10.6 Å². The van der Waals surface area contributed by atoms with Gasteiger partial charge in [0.1, 0.15) is 0 Å². The minimum absolute atomic E-state index is 0.0132. The Bertz CT molecular complexity index is 864. The number of carbonyl (C=O) groups excluding carboxylic acids is 2. The van der Waals surface area contributed by atoms with Crippen molar-refractivity contribution in [2.75, 3.05) is 29.5 Å². The molecular formula is C18H20N2O5S. The molecule has 1 N–H and O–H groups in total. The first-order valence-electron chi connectivity index (χ1n) is 7.82. The van der Waals surface area contributed by atoms with Crippen molar-refractivity contribution >= 4 is 33.3 Å². The van der Waals surface area contributed by atoms with Gasteiger partial charge in [0.05, 0.1) is 24.6 Å². The maximum absolute atomic E-state index is 12.1. The summed E-state index contributed by atoms with van der Waals surface area (Å²) in [5.41, 5.74) is 1.32. The number of ether oxygens (including phenoxy) is 1. The minimum Gasteiger partial charge on any atom is -0.465 e. The number of hydrogen-bond acceptors (Lipinski definition) is 5. The summed E-state index contributed by atoms with van der Waals surface area (Å²) in [6.45, 7) is -0.0188. The molecule has 0 bridgehead atoms. The largest absolute Gasteiger partial charge is 0.465 e.